The lowest BCUT2D eigenvalue weighted by Crippen LogP contribution is -2.28. The van der Waals surface area contributed by atoms with Gasteiger partial charge in [-0.25, -0.2) is 15.0 Å². The molecule has 0 aliphatic carbocycles. The van der Waals surface area contributed by atoms with Crippen molar-refractivity contribution in [3.05, 3.63) is 39.9 Å². The smallest absolute Gasteiger partial charge is 0.254 e. The summed E-state index contributed by atoms with van der Waals surface area (Å²) >= 11 is 1.63. The van der Waals surface area contributed by atoms with Gasteiger partial charge in [0.05, 0.1) is 16.3 Å². The molecule has 0 unspecified atom stereocenters. The topological polar surface area (TPSA) is 67.8 Å². The van der Waals surface area contributed by atoms with E-state index in [0.29, 0.717) is 12.1 Å². The Kier molecular flexibility index (Phi) is 5.38. The number of nitrogens with one attached hydrogen (secondary N) is 1. The first kappa shape index (κ1) is 15.6. The van der Waals surface area contributed by atoms with E-state index in [1.165, 1.54) is 6.33 Å². The quantitative estimate of drug-likeness (QED) is 0.891. The summed E-state index contributed by atoms with van der Waals surface area (Å²) in [4.78, 5) is 24.9. The zero-order chi connectivity index (χ0) is 15.2. The first-order chi connectivity index (χ1) is 10.1. The van der Waals surface area contributed by atoms with Crippen molar-refractivity contribution in [1.82, 2.24) is 20.3 Å². The summed E-state index contributed by atoms with van der Waals surface area (Å²) in [6.07, 6.45) is 4.81. The second kappa shape index (κ2) is 7.26. The van der Waals surface area contributed by atoms with Gasteiger partial charge in [-0.3, -0.25) is 4.79 Å². The average molecular weight is 304 g/mol. The van der Waals surface area contributed by atoms with Crippen molar-refractivity contribution in [2.75, 3.05) is 6.54 Å². The molecule has 5 nitrogen and oxygen atoms in total. The minimum atomic E-state index is -0.112. The number of rotatable bonds is 6. The first-order valence-corrected chi connectivity index (χ1v) is 7.98. The van der Waals surface area contributed by atoms with E-state index >= 15 is 0 Å². The van der Waals surface area contributed by atoms with Gasteiger partial charge < -0.3 is 5.32 Å². The van der Waals surface area contributed by atoms with Crippen LogP contribution in [0.3, 0.4) is 0 Å². The van der Waals surface area contributed by atoms with Crippen molar-refractivity contribution in [1.29, 1.82) is 0 Å². The SMILES string of the molecule is CCCc1ncncc1C(=O)NC[C@@H](C)c1nc(C)cs1. The highest BCUT2D eigenvalue weighted by Crippen LogP contribution is 2.19. The molecule has 0 saturated heterocycles. The Balaban J connectivity index is 1.98. The van der Waals surface area contributed by atoms with Crippen LogP contribution >= 0.6 is 11.3 Å². The fourth-order valence-electron chi connectivity index (χ4n) is 2.01. The van der Waals surface area contributed by atoms with Gasteiger partial charge in [-0.1, -0.05) is 20.3 Å². The highest BCUT2D eigenvalue weighted by molar-refractivity contribution is 7.09. The molecule has 21 heavy (non-hydrogen) atoms. The molecule has 0 aliphatic rings. The summed E-state index contributed by atoms with van der Waals surface area (Å²) in [5.41, 5.74) is 2.40. The van der Waals surface area contributed by atoms with Crippen molar-refractivity contribution in [2.45, 2.75) is 39.5 Å². The highest BCUT2D eigenvalue weighted by Gasteiger charge is 2.15. The third-order valence-electron chi connectivity index (χ3n) is 3.15. The third kappa shape index (κ3) is 4.07. The van der Waals surface area contributed by atoms with E-state index in [2.05, 4.69) is 34.1 Å². The highest BCUT2D eigenvalue weighted by atomic mass is 32.1. The fraction of sp³-hybridized carbons (Fsp3) is 0.467. The van der Waals surface area contributed by atoms with Crippen molar-refractivity contribution in [2.24, 2.45) is 0 Å². The number of carbonyl (C=O) groups excluding carboxylic acids is 1. The van der Waals surface area contributed by atoms with Gasteiger partial charge >= 0.3 is 0 Å². The van der Waals surface area contributed by atoms with Crippen molar-refractivity contribution < 1.29 is 4.79 Å². The molecular weight excluding hydrogens is 284 g/mol. The van der Waals surface area contributed by atoms with Crippen LogP contribution in [0.1, 0.15) is 52.9 Å². The molecule has 0 radical (unpaired) electrons. The molecule has 1 N–H and O–H groups in total. The molecule has 1 amide bonds. The fourth-order valence-corrected chi connectivity index (χ4v) is 2.86. The summed E-state index contributed by atoms with van der Waals surface area (Å²) < 4.78 is 0. The summed E-state index contributed by atoms with van der Waals surface area (Å²) in [5, 5.41) is 6.03. The van der Waals surface area contributed by atoms with E-state index in [1.54, 1.807) is 17.5 Å². The zero-order valence-electron chi connectivity index (χ0n) is 12.6. The lowest BCUT2D eigenvalue weighted by molar-refractivity contribution is 0.0950. The molecular formula is C15H20N4OS. The van der Waals surface area contributed by atoms with Gasteiger partial charge in [0.25, 0.3) is 5.91 Å². The van der Waals surface area contributed by atoms with Crippen molar-refractivity contribution in [3.8, 4) is 0 Å². The Morgan fingerprint density at radius 1 is 1.48 bits per heavy atom. The second-order valence-corrected chi connectivity index (χ2v) is 5.96. The Bertz CT molecular complexity index is 611. The molecule has 6 heteroatoms. The number of carbonyl (C=O) groups is 1. The Morgan fingerprint density at radius 2 is 2.29 bits per heavy atom. The molecule has 1 atom stereocenters. The lowest BCUT2D eigenvalue weighted by atomic mass is 10.1. The number of thiazole rings is 1. The van der Waals surface area contributed by atoms with Gasteiger partial charge in [0.15, 0.2) is 0 Å². The molecule has 112 valence electrons. The van der Waals surface area contributed by atoms with Crippen LogP contribution in [-0.2, 0) is 6.42 Å². The number of aromatic nitrogens is 3. The van der Waals surface area contributed by atoms with E-state index in [9.17, 15) is 4.79 Å². The molecule has 2 aromatic heterocycles. The maximum Gasteiger partial charge on any atom is 0.254 e. The van der Waals surface area contributed by atoms with Crippen molar-refractivity contribution >= 4 is 17.2 Å². The maximum atomic E-state index is 12.3. The molecule has 0 saturated carbocycles. The standard InChI is InChI=1S/C15H20N4OS/c1-4-5-13-12(7-16-9-18-13)14(20)17-6-10(2)15-19-11(3)8-21-15/h7-10H,4-6H2,1-3H3,(H,17,20)/t10-/m1/s1. The number of nitrogens with zero attached hydrogens (tertiary/aromatic N) is 3. The van der Waals surface area contributed by atoms with Crippen molar-refractivity contribution in [3.63, 3.8) is 0 Å². The number of aryl methyl sites for hydroxylation is 2. The van der Waals surface area contributed by atoms with Gasteiger partial charge in [-0.15, -0.1) is 11.3 Å². The number of hydrogen-bond donors (Lipinski definition) is 1. The summed E-state index contributed by atoms with van der Waals surface area (Å²) in [6.45, 7) is 6.67. The molecule has 0 fully saturated rings. The number of hydrogen-bond acceptors (Lipinski definition) is 5. The molecule has 0 aliphatic heterocycles. The summed E-state index contributed by atoms with van der Waals surface area (Å²) in [6, 6.07) is 0. The Labute approximate surface area is 128 Å². The minimum Gasteiger partial charge on any atom is -0.351 e. The zero-order valence-corrected chi connectivity index (χ0v) is 13.4. The monoisotopic (exact) mass is 304 g/mol. The van der Waals surface area contributed by atoms with Crippen LogP contribution in [0.25, 0.3) is 0 Å². The van der Waals surface area contributed by atoms with Gasteiger partial charge in [-0.2, -0.15) is 0 Å². The average Bonchev–Trinajstić information content (AvgIpc) is 2.92. The first-order valence-electron chi connectivity index (χ1n) is 7.11. The van der Waals surface area contributed by atoms with Crippen LogP contribution in [-0.4, -0.2) is 27.4 Å². The predicted octanol–water partition coefficient (Wildman–Crippen LogP) is 2.73. The predicted molar refractivity (Wildman–Crippen MR) is 83.6 cm³/mol. The minimum absolute atomic E-state index is 0.112. The maximum absolute atomic E-state index is 12.3. The van der Waals surface area contributed by atoms with Crippen LogP contribution in [0.15, 0.2) is 17.9 Å². The Hall–Kier alpha value is -1.82. The van der Waals surface area contributed by atoms with Gasteiger partial charge in [0, 0.05) is 29.7 Å². The van der Waals surface area contributed by atoms with Gasteiger partial charge in [0.2, 0.25) is 0 Å². The lowest BCUT2D eigenvalue weighted by Gasteiger charge is -2.11. The normalized spacial score (nSPS) is 12.1. The van der Waals surface area contributed by atoms with Crippen LogP contribution in [0, 0.1) is 6.92 Å². The molecule has 0 bridgehead atoms. The molecule has 2 heterocycles. The third-order valence-corrected chi connectivity index (χ3v) is 4.35. The van der Waals surface area contributed by atoms with Gasteiger partial charge in [-0.05, 0) is 13.3 Å². The van der Waals surface area contributed by atoms with E-state index in [1.807, 2.05) is 12.3 Å². The number of amides is 1. The van der Waals surface area contributed by atoms with E-state index < -0.39 is 0 Å². The molecule has 0 aromatic carbocycles. The molecule has 2 aromatic rings. The van der Waals surface area contributed by atoms with Crippen LogP contribution in [0.2, 0.25) is 0 Å². The summed E-state index contributed by atoms with van der Waals surface area (Å²) in [7, 11) is 0. The van der Waals surface area contributed by atoms with E-state index in [-0.39, 0.29) is 11.8 Å². The van der Waals surface area contributed by atoms with Crippen LogP contribution in [0.4, 0.5) is 0 Å². The second-order valence-electron chi connectivity index (χ2n) is 5.07. The van der Waals surface area contributed by atoms with E-state index in [0.717, 1.165) is 29.2 Å². The summed E-state index contributed by atoms with van der Waals surface area (Å²) in [5.74, 6) is 0.0890. The van der Waals surface area contributed by atoms with Crippen LogP contribution in [0.5, 0.6) is 0 Å². The molecule has 0 spiro atoms. The largest absolute Gasteiger partial charge is 0.351 e. The Morgan fingerprint density at radius 3 is 2.95 bits per heavy atom. The molecule has 2 rings (SSSR count). The van der Waals surface area contributed by atoms with E-state index in [4.69, 9.17) is 0 Å². The van der Waals surface area contributed by atoms with Crippen LogP contribution < -0.4 is 5.32 Å². The van der Waals surface area contributed by atoms with Gasteiger partial charge in [0.1, 0.15) is 6.33 Å².